The quantitative estimate of drug-likeness (QED) is 0.573. The summed E-state index contributed by atoms with van der Waals surface area (Å²) in [5, 5.41) is 2.24. The van der Waals surface area contributed by atoms with Crippen molar-refractivity contribution >= 4 is 34.9 Å². The van der Waals surface area contributed by atoms with Crippen molar-refractivity contribution in [3.63, 3.8) is 0 Å². The Kier molecular flexibility index (Phi) is 6.73. The predicted octanol–water partition coefficient (Wildman–Crippen LogP) is 4.38. The Hall–Kier alpha value is -3.27. The molecule has 6 nitrogen and oxygen atoms in total. The first kappa shape index (κ1) is 22.9. The molecule has 2 aromatic carbocycles. The van der Waals surface area contributed by atoms with Gasteiger partial charge >= 0.3 is 6.61 Å². The molecule has 0 spiro atoms. The van der Waals surface area contributed by atoms with Gasteiger partial charge in [0.25, 0.3) is 11.1 Å². The highest BCUT2D eigenvalue weighted by Gasteiger charge is 2.45. The molecule has 4 rings (SSSR count). The lowest BCUT2D eigenvalue weighted by Gasteiger charge is -2.13. The molecule has 1 saturated carbocycles. The molecule has 1 aliphatic carbocycles. The fourth-order valence-corrected chi connectivity index (χ4v) is 4.48. The molecule has 2 fully saturated rings. The summed E-state index contributed by atoms with van der Waals surface area (Å²) in [6.07, 6.45) is 2.04. The van der Waals surface area contributed by atoms with Crippen LogP contribution >= 0.6 is 11.8 Å². The van der Waals surface area contributed by atoms with E-state index in [-0.39, 0.29) is 47.3 Å². The Morgan fingerprint density at radius 1 is 1.18 bits per heavy atom. The number of thioether (sulfide) groups is 1. The number of halogens is 3. The minimum atomic E-state index is -2.93. The van der Waals surface area contributed by atoms with Crippen LogP contribution in [0, 0.1) is 11.7 Å². The van der Waals surface area contributed by atoms with E-state index in [1.165, 1.54) is 36.4 Å². The number of alkyl halides is 2. The van der Waals surface area contributed by atoms with Gasteiger partial charge in [-0.05, 0) is 59.5 Å². The summed E-state index contributed by atoms with van der Waals surface area (Å²) < 4.78 is 42.6. The third-order valence-electron chi connectivity index (χ3n) is 5.34. The fraction of sp³-hybridized carbons (Fsp3) is 0.261. The van der Waals surface area contributed by atoms with Gasteiger partial charge in [-0.15, -0.1) is 0 Å². The van der Waals surface area contributed by atoms with Crippen molar-refractivity contribution in [3.8, 4) is 5.75 Å². The second-order valence-corrected chi connectivity index (χ2v) is 8.54. The number of carbonyl (C=O) groups excluding carboxylic acids is 3. The Morgan fingerprint density at radius 2 is 1.91 bits per heavy atom. The van der Waals surface area contributed by atoms with Crippen LogP contribution in [0.15, 0.2) is 53.4 Å². The zero-order valence-electron chi connectivity index (χ0n) is 17.2. The Labute approximate surface area is 191 Å². The van der Waals surface area contributed by atoms with Gasteiger partial charge in [0.05, 0.1) is 4.91 Å². The van der Waals surface area contributed by atoms with Gasteiger partial charge in [-0.2, -0.15) is 8.78 Å². The van der Waals surface area contributed by atoms with E-state index >= 15 is 0 Å². The van der Waals surface area contributed by atoms with Crippen LogP contribution in [0.5, 0.6) is 5.75 Å². The average Bonchev–Trinajstić information content (AvgIpc) is 3.53. The van der Waals surface area contributed by atoms with Crippen LogP contribution < -0.4 is 10.1 Å². The van der Waals surface area contributed by atoms with Crippen molar-refractivity contribution in [2.45, 2.75) is 19.0 Å². The molecule has 33 heavy (non-hydrogen) atoms. The lowest BCUT2D eigenvalue weighted by atomic mass is 10.1. The Balaban J connectivity index is 1.28. The molecule has 3 amide bonds. The molecule has 1 saturated heterocycles. The number of nitrogens with one attached hydrogen (secondary N) is 1. The van der Waals surface area contributed by atoms with Gasteiger partial charge in [0, 0.05) is 19.0 Å². The van der Waals surface area contributed by atoms with Crippen molar-refractivity contribution < 1.29 is 32.3 Å². The first-order valence-electron chi connectivity index (χ1n) is 10.2. The SMILES string of the molecule is O=C(NCCN1C(=O)S/C(=C\c2ccc(OC(F)F)cc2)C1=O)C1CC1c1ccccc1F. The maximum Gasteiger partial charge on any atom is 0.387 e. The number of amides is 3. The van der Waals surface area contributed by atoms with Gasteiger partial charge in [0.15, 0.2) is 0 Å². The number of ether oxygens (including phenoxy) is 1. The van der Waals surface area contributed by atoms with Crippen LogP contribution in [0.2, 0.25) is 0 Å². The molecular weight excluding hydrogens is 457 g/mol. The standard InChI is InChI=1S/C23H19F3N2O4S/c24-18-4-2-1-3-15(18)16-12-17(16)20(29)27-9-10-28-21(30)19(33-23(28)31)11-13-5-7-14(8-6-13)32-22(25)26/h1-8,11,16-17,22H,9-10,12H2,(H,27,29)/b19-11-. The van der Waals surface area contributed by atoms with E-state index in [1.54, 1.807) is 18.2 Å². The lowest BCUT2D eigenvalue weighted by Crippen LogP contribution is -2.37. The van der Waals surface area contributed by atoms with Gasteiger partial charge in [-0.3, -0.25) is 19.3 Å². The molecule has 0 radical (unpaired) electrons. The summed E-state index contributed by atoms with van der Waals surface area (Å²) in [6.45, 7) is -2.84. The van der Waals surface area contributed by atoms with E-state index in [2.05, 4.69) is 10.1 Å². The largest absolute Gasteiger partial charge is 0.435 e. The van der Waals surface area contributed by atoms with Crippen LogP contribution in [0.1, 0.15) is 23.5 Å². The zero-order chi connectivity index (χ0) is 23.5. The molecule has 1 heterocycles. The summed E-state index contributed by atoms with van der Waals surface area (Å²) in [7, 11) is 0. The van der Waals surface area contributed by atoms with E-state index in [0.29, 0.717) is 17.5 Å². The summed E-state index contributed by atoms with van der Waals surface area (Å²) in [6, 6.07) is 12.0. The minimum absolute atomic E-state index is 0.00595. The maximum atomic E-state index is 13.9. The van der Waals surface area contributed by atoms with Gasteiger partial charge in [0.2, 0.25) is 5.91 Å². The van der Waals surface area contributed by atoms with Crippen LogP contribution in [0.4, 0.5) is 18.0 Å². The second kappa shape index (κ2) is 9.70. The third kappa shape index (κ3) is 5.39. The minimum Gasteiger partial charge on any atom is -0.435 e. The van der Waals surface area contributed by atoms with Crippen LogP contribution in [-0.4, -0.2) is 41.7 Å². The fourth-order valence-electron chi connectivity index (χ4n) is 3.62. The smallest absolute Gasteiger partial charge is 0.387 e. The highest BCUT2D eigenvalue weighted by molar-refractivity contribution is 8.18. The van der Waals surface area contributed by atoms with Gasteiger partial charge in [0.1, 0.15) is 11.6 Å². The van der Waals surface area contributed by atoms with Crippen molar-refractivity contribution in [1.82, 2.24) is 10.2 Å². The van der Waals surface area contributed by atoms with Gasteiger partial charge in [-0.25, -0.2) is 4.39 Å². The molecule has 2 aromatic rings. The van der Waals surface area contributed by atoms with E-state index < -0.39 is 17.8 Å². The van der Waals surface area contributed by atoms with Gasteiger partial charge in [-0.1, -0.05) is 30.3 Å². The van der Waals surface area contributed by atoms with E-state index in [1.807, 2.05) is 0 Å². The molecule has 2 unspecified atom stereocenters. The van der Waals surface area contributed by atoms with Gasteiger partial charge < -0.3 is 10.1 Å². The summed E-state index contributed by atoms with van der Waals surface area (Å²) in [4.78, 5) is 38.4. The van der Waals surface area contributed by atoms with Crippen molar-refractivity contribution in [3.05, 3.63) is 70.4 Å². The number of hydrogen-bond donors (Lipinski definition) is 1. The number of carbonyl (C=O) groups is 3. The van der Waals surface area contributed by atoms with E-state index in [0.717, 1.165) is 16.7 Å². The number of rotatable bonds is 8. The van der Waals surface area contributed by atoms with Crippen molar-refractivity contribution in [1.29, 1.82) is 0 Å². The molecular formula is C23H19F3N2O4S. The third-order valence-corrected chi connectivity index (χ3v) is 6.25. The highest BCUT2D eigenvalue weighted by Crippen LogP contribution is 2.48. The van der Waals surface area contributed by atoms with Crippen molar-refractivity contribution in [2.24, 2.45) is 5.92 Å². The van der Waals surface area contributed by atoms with Crippen LogP contribution in [0.25, 0.3) is 6.08 Å². The van der Waals surface area contributed by atoms with E-state index in [4.69, 9.17) is 0 Å². The second-order valence-electron chi connectivity index (χ2n) is 7.54. The normalized spacial score (nSPS) is 21.1. The average molecular weight is 476 g/mol. The summed E-state index contributed by atoms with van der Waals surface area (Å²) in [5.41, 5.74) is 1.06. The van der Waals surface area contributed by atoms with Crippen LogP contribution in [0.3, 0.4) is 0 Å². The first-order valence-corrected chi connectivity index (χ1v) is 11.0. The molecule has 0 bridgehead atoms. The molecule has 1 N–H and O–H groups in total. The number of hydrogen-bond acceptors (Lipinski definition) is 5. The first-order chi connectivity index (χ1) is 15.8. The molecule has 172 valence electrons. The molecule has 10 heteroatoms. The lowest BCUT2D eigenvalue weighted by molar-refractivity contribution is -0.124. The number of imide groups is 1. The van der Waals surface area contributed by atoms with Crippen LogP contribution in [-0.2, 0) is 9.59 Å². The molecule has 2 atom stereocenters. The topological polar surface area (TPSA) is 75.7 Å². The maximum absolute atomic E-state index is 13.9. The molecule has 2 aliphatic rings. The predicted molar refractivity (Wildman–Crippen MR) is 116 cm³/mol. The summed E-state index contributed by atoms with van der Waals surface area (Å²) >= 11 is 0.761. The molecule has 1 aliphatic heterocycles. The summed E-state index contributed by atoms with van der Waals surface area (Å²) in [5.74, 6) is -1.57. The Bertz CT molecular complexity index is 1110. The van der Waals surface area contributed by atoms with E-state index in [9.17, 15) is 27.6 Å². The monoisotopic (exact) mass is 476 g/mol. The number of nitrogens with zero attached hydrogens (tertiary/aromatic N) is 1. The zero-order valence-corrected chi connectivity index (χ0v) is 18.0. The Morgan fingerprint density at radius 3 is 2.61 bits per heavy atom. The van der Waals surface area contributed by atoms with Crippen molar-refractivity contribution in [2.75, 3.05) is 13.1 Å². The number of benzene rings is 2. The highest BCUT2D eigenvalue weighted by atomic mass is 32.2. The molecule has 0 aromatic heterocycles.